The summed E-state index contributed by atoms with van der Waals surface area (Å²) in [5, 5.41) is 3.04. The maximum Gasteiger partial charge on any atom is 0.263 e. The van der Waals surface area contributed by atoms with Gasteiger partial charge in [0.05, 0.1) is 16.1 Å². The van der Waals surface area contributed by atoms with Gasteiger partial charge in [0.1, 0.15) is 0 Å². The van der Waals surface area contributed by atoms with Crippen molar-refractivity contribution in [2.75, 3.05) is 6.54 Å². The fourth-order valence-corrected chi connectivity index (χ4v) is 2.96. The van der Waals surface area contributed by atoms with E-state index in [0.717, 1.165) is 16.0 Å². The number of nitrogens with zero attached hydrogens (tertiary/aromatic N) is 1. The number of carbonyl (C=O) groups excluding carboxylic acids is 3. The molecule has 3 amide bonds. The summed E-state index contributed by atoms with van der Waals surface area (Å²) < 4.78 is 0. The van der Waals surface area contributed by atoms with Gasteiger partial charge in [-0.3, -0.25) is 19.3 Å². The number of hydrogen-bond donors (Lipinski definition) is 1. The monoisotopic (exact) mass is 356 g/mol. The van der Waals surface area contributed by atoms with Crippen LogP contribution < -0.4 is 5.32 Å². The van der Waals surface area contributed by atoms with E-state index in [2.05, 4.69) is 5.32 Å². The van der Waals surface area contributed by atoms with Gasteiger partial charge < -0.3 is 5.32 Å². The Morgan fingerprint density at radius 1 is 1.08 bits per heavy atom. The van der Waals surface area contributed by atoms with Gasteiger partial charge in [-0.2, -0.15) is 0 Å². The van der Waals surface area contributed by atoms with Crippen LogP contribution in [0.4, 0.5) is 0 Å². The molecule has 1 heterocycles. The predicted molar refractivity (Wildman–Crippen MR) is 94.5 cm³/mol. The van der Waals surface area contributed by atoms with E-state index in [0.29, 0.717) is 6.54 Å². The molecule has 0 saturated heterocycles. The summed E-state index contributed by atoms with van der Waals surface area (Å²) in [6.45, 7) is 2.44. The summed E-state index contributed by atoms with van der Waals surface area (Å²) in [6.07, 6.45) is 0.0505. The molecule has 0 atom stereocenters. The first-order valence-corrected chi connectivity index (χ1v) is 8.32. The highest BCUT2D eigenvalue weighted by Gasteiger charge is 2.36. The van der Waals surface area contributed by atoms with Crippen molar-refractivity contribution in [1.29, 1.82) is 0 Å². The van der Waals surface area contributed by atoms with Gasteiger partial charge in [0, 0.05) is 19.5 Å². The standard InChI is InChI=1S/C19H17ClN2O3/c1-12-5-7-13(8-6-12)11-21-16(23)9-10-22-18(24)14-3-2-4-15(20)17(14)19(22)25/h2-8H,9-11H2,1H3,(H,21,23). The molecule has 1 aliphatic rings. The van der Waals surface area contributed by atoms with Crippen LogP contribution >= 0.6 is 11.6 Å². The van der Waals surface area contributed by atoms with Crippen LogP contribution in [0, 0.1) is 6.92 Å². The van der Waals surface area contributed by atoms with Gasteiger partial charge in [-0.25, -0.2) is 0 Å². The van der Waals surface area contributed by atoms with Crippen LogP contribution in [0.1, 0.15) is 38.3 Å². The van der Waals surface area contributed by atoms with E-state index in [-0.39, 0.29) is 35.0 Å². The number of carbonyl (C=O) groups is 3. The topological polar surface area (TPSA) is 66.5 Å². The van der Waals surface area contributed by atoms with Crippen LogP contribution in [0.25, 0.3) is 0 Å². The SMILES string of the molecule is Cc1ccc(CNC(=O)CCN2C(=O)c3cccc(Cl)c3C2=O)cc1. The first-order valence-electron chi connectivity index (χ1n) is 7.94. The first-order chi connectivity index (χ1) is 12.0. The number of halogens is 1. The maximum absolute atomic E-state index is 12.3. The highest BCUT2D eigenvalue weighted by atomic mass is 35.5. The van der Waals surface area contributed by atoms with Crippen LogP contribution in [0.3, 0.4) is 0 Å². The Kier molecular flexibility index (Phi) is 4.86. The Labute approximate surface area is 150 Å². The van der Waals surface area contributed by atoms with E-state index in [1.165, 1.54) is 0 Å². The summed E-state index contributed by atoms with van der Waals surface area (Å²) in [6, 6.07) is 12.6. The van der Waals surface area contributed by atoms with Crippen molar-refractivity contribution in [3.63, 3.8) is 0 Å². The number of nitrogens with one attached hydrogen (secondary N) is 1. The van der Waals surface area contributed by atoms with Gasteiger partial charge in [0.15, 0.2) is 0 Å². The minimum atomic E-state index is -0.447. The summed E-state index contributed by atoms with van der Waals surface area (Å²) >= 11 is 6.01. The second kappa shape index (κ2) is 7.07. The van der Waals surface area contributed by atoms with E-state index < -0.39 is 11.8 Å². The quantitative estimate of drug-likeness (QED) is 0.837. The van der Waals surface area contributed by atoms with Crippen molar-refractivity contribution in [3.05, 3.63) is 69.7 Å². The first kappa shape index (κ1) is 17.2. The Morgan fingerprint density at radius 2 is 1.80 bits per heavy atom. The summed E-state index contributed by atoms with van der Waals surface area (Å²) in [7, 11) is 0. The maximum atomic E-state index is 12.3. The summed E-state index contributed by atoms with van der Waals surface area (Å²) in [4.78, 5) is 37.7. The molecule has 0 radical (unpaired) electrons. The molecule has 0 aromatic heterocycles. The second-order valence-electron chi connectivity index (χ2n) is 5.94. The number of aryl methyl sites for hydroxylation is 1. The van der Waals surface area contributed by atoms with E-state index in [9.17, 15) is 14.4 Å². The van der Waals surface area contributed by atoms with Gasteiger partial charge in [-0.15, -0.1) is 0 Å². The Bertz CT molecular complexity index is 846. The van der Waals surface area contributed by atoms with Crippen molar-refractivity contribution in [3.8, 4) is 0 Å². The number of benzene rings is 2. The van der Waals surface area contributed by atoms with Crippen LogP contribution in [0.2, 0.25) is 5.02 Å². The highest BCUT2D eigenvalue weighted by Crippen LogP contribution is 2.29. The zero-order chi connectivity index (χ0) is 18.0. The molecule has 0 fully saturated rings. The average Bonchev–Trinajstić information content (AvgIpc) is 2.84. The van der Waals surface area contributed by atoms with Gasteiger partial charge >= 0.3 is 0 Å². The summed E-state index contributed by atoms with van der Waals surface area (Å²) in [5.74, 6) is -1.08. The van der Waals surface area contributed by atoms with E-state index in [4.69, 9.17) is 11.6 Å². The zero-order valence-electron chi connectivity index (χ0n) is 13.7. The van der Waals surface area contributed by atoms with Gasteiger partial charge in [-0.1, -0.05) is 47.5 Å². The lowest BCUT2D eigenvalue weighted by atomic mass is 10.1. The molecule has 25 heavy (non-hydrogen) atoms. The van der Waals surface area contributed by atoms with Crippen LogP contribution in [0.5, 0.6) is 0 Å². The van der Waals surface area contributed by atoms with Crippen LogP contribution in [-0.2, 0) is 11.3 Å². The fraction of sp³-hybridized carbons (Fsp3) is 0.211. The number of amides is 3. The van der Waals surface area contributed by atoms with E-state index in [1.807, 2.05) is 31.2 Å². The zero-order valence-corrected chi connectivity index (χ0v) is 14.5. The molecule has 0 spiro atoms. The lowest BCUT2D eigenvalue weighted by Crippen LogP contribution is -2.34. The van der Waals surface area contributed by atoms with Crippen LogP contribution in [0.15, 0.2) is 42.5 Å². The molecule has 128 valence electrons. The second-order valence-corrected chi connectivity index (χ2v) is 6.34. The molecule has 3 rings (SSSR count). The molecular formula is C19H17ClN2O3. The number of imide groups is 1. The van der Waals surface area contributed by atoms with Crippen molar-refractivity contribution in [2.24, 2.45) is 0 Å². The van der Waals surface area contributed by atoms with Gasteiger partial charge in [-0.05, 0) is 24.6 Å². The third kappa shape index (κ3) is 3.56. The van der Waals surface area contributed by atoms with Crippen LogP contribution in [-0.4, -0.2) is 29.2 Å². The summed E-state index contributed by atoms with van der Waals surface area (Å²) in [5.41, 5.74) is 2.65. The van der Waals surface area contributed by atoms with E-state index in [1.54, 1.807) is 18.2 Å². The largest absolute Gasteiger partial charge is 0.352 e. The lowest BCUT2D eigenvalue weighted by molar-refractivity contribution is -0.121. The Balaban J connectivity index is 1.56. The average molecular weight is 357 g/mol. The normalized spacial score (nSPS) is 13.1. The molecule has 2 aromatic carbocycles. The molecule has 0 aliphatic carbocycles. The molecule has 1 N–H and O–H groups in total. The minimum Gasteiger partial charge on any atom is -0.352 e. The Hall–Kier alpha value is -2.66. The van der Waals surface area contributed by atoms with Gasteiger partial charge in [0.2, 0.25) is 5.91 Å². The molecular weight excluding hydrogens is 340 g/mol. The van der Waals surface area contributed by atoms with E-state index >= 15 is 0 Å². The fourth-order valence-electron chi connectivity index (χ4n) is 2.70. The molecule has 6 heteroatoms. The van der Waals surface area contributed by atoms with Gasteiger partial charge in [0.25, 0.3) is 11.8 Å². The number of fused-ring (bicyclic) bond motifs is 1. The number of rotatable bonds is 5. The molecule has 2 aromatic rings. The van der Waals surface area contributed by atoms with Crippen molar-refractivity contribution in [2.45, 2.75) is 19.9 Å². The molecule has 0 bridgehead atoms. The minimum absolute atomic E-state index is 0.0302. The third-order valence-corrected chi connectivity index (χ3v) is 4.44. The smallest absolute Gasteiger partial charge is 0.263 e. The van der Waals surface area contributed by atoms with Crippen molar-refractivity contribution >= 4 is 29.3 Å². The predicted octanol–water partition coefficient (Wildman–Crippen LogP) is 2.95. The molecule has 0 unspecified atom stereocenters. The van der Waals surface area contributed by atoms with Crippen molar-refractivity contribution in [1.82, 2.24) is 10.2 Å². The molecule has 5 nitrogen and oxygen atoms in total. The highest BCUT2D eigenvalue weighted by molar-refractivity contribution is 6.37. The Morgan fingerprint density at radius 3 is 2.48 bits per heavy atom. The lowest BCUT2D eigenvalue weighted by Gasteiger charge is -2.13. The van der Waals surface area contributed by atoms with Crippen molar-refractivity contribution < 1.29 is 14.4 Å². The molecule has 0 saturated carbocycles. The third-order valence-electron chi connectivity index (χ3n) is 4.12. The molecule has 1 aliphatic heterocycles. The number of hydrogen-bond acceptors (Lipinski definition) is 3.